The van der Waals surface area contributed by atoms with E-state index in [4.69, 9.17) is 11.6 Å². The summed E-state index contributed by atoms with van der Waals surface area (Å²) >= 11 is 7.43. The van der Waals surface area contributed by atoms with Gasteiger partial charge in [0.25, 0.3) is 10.0 Å². The number of rotatable bonds is 3. The zero-order chi connectivity index (χ0) is 18.2. The summed E-state index contributed by atoms with van der Waals surface area (Å²) in [4.78, 5) is 0.620. The summed E-state index contributed by atoms with van der Waals surface area (Å²) in [5, 5.41) is 0.499. The SMILES string of the molecule is O=S(=O)(c1ccc(OC(F)(F)F)cc1)N1CCSc2cc(Cl)ccc21. The molecule has 3 rings (SSSR count). The Kier molecular flexibility index (Phi) is 4.82. The van der Waals surface area contributed by atoms with Gasteiger partial charge in [0.2, 0.25) is 0 Å². The van der Waals surface area contributed by atoms with Gasteiger partial charge in [-0.25, -0.2) is 8.42 Å². The zero-order valence-electron chi connectivity index (χ0n) is 12.5. The monoisotopic (exact) mass is 409 g/mol. The maximum atomic E-state index is 12.9. The fourth-order valence-electron chi connectivity index (χ4n) is 2.36. The van der Waals surface area contributed by atoms with Crippen LogP contribution in [0.4, 0.5) is 18.9 Å². The van der Waals surface area contributed by atoms with Gasteiger partial charge in [-0.05, 0) is 42.5 Å². The molecular weight excluding hydrogens is 399 g/mol. The summed E-state index contributed by atoms with van der Waals surface area (Å²) in [7, 11) is -3.91. The first-order valence-corrected chi connectivity index (χ1v) is 9.78. The summed E-state index contributed by atoms with van der Waals surface area (Å²) in [6, 6.07) is 9.02. The van der Waals surface area contributed by atoms with E-state index in [1.165, 1.54) is 16.1 Å². The average Bonchev–Trinajstić information content (AvgIpc) is 2.53. The Balaban J connectivity index is 1.93. The van der Waals surface area contributed by atoms with E-state index >= 15 is 0 Å². The maximum Gasteiger partial charge on any atom is 0.573 e. The number of fused-ring (bicyclic) bond motifs is 1. The largest absolute Gasteiger partial charge is 0.573 e. The van der Waals surface area contributed by atoms with Crippen LogP contribution in [0.15, 0.2) is 52.3 Å². The first-order chi connectivity index (χ1) is 11.7. The average molecular weight is 410 g/mol. The van der Waals surface area contributed by atoms with Gasteiger partial charge in [-0.2, -0.15) is 0 Å². The van der Waals surface area contributed by atoms with Crippen molar-refractivity contribution in [2.75, 3.05) is 16.6 Å². The number of hydrogen-bond donors (Lipinski definition) is 0. The van der Waals surface area contributed by atoms with Gasteiger partial charge < -0.3 is 4.74 Å². The summed E-state index contributed by atoms with van der Waals surface area (Å²) < 4.78 is 67.3. The predicted octanol–water partition coefficient (Wildman–Crippen LogP) is 4.54. The molecule has 1 aliphatic rings. The molecule has 0 N–H and O–H groups in total. The first-order valence-electron chi connectivity index (χ1n) is 6.98. The second-order valence-electron chi connectivity index (χ2n) is 5.06. The van der Waals surface area contributed by atoms with Gasteiger partial charge in [-0.3, -0.25) is 4.31 Å². The van der Waals surface area contributed by atoms with Crippen LogP contribution in [0.3, 0.4) is 0 Å². The molecule has 2 aromatic rings. The minimum Gasteiger partial charge on any atom is -0.406 e. The first kappa shape index (κ1) is 18.2. The molecule has 1 aliphatic heterocycles. The molecule has 0 unspecified atom stereocenters. The Morgan fingerprint density at radius 1 is 1.12 bits per heavy atom. The Labute approximate surface area is 151 Å². The molecule has 0 aliphatic carbocycles. The lowest BCUT2D eigenvalue weighted by molar-refractivity contribution is -0.274. The van der Waals surface area contributed by atoms with Gasteiger partial charge in [0, 0.05) is 22.2 Å². The molecule has 0 saturated carbocycles. The molecular formula is C15H11ClF3NO3S2. The lowest BCUT2D eigenvalue weighted by atomic mass is 10.3. The number of sulfonamides is 1. The molecule has 0 aromatic heterocycles. The van der Waals surface area contributed by atoms with Crippen LogP contribution in [0.5, 0.6) is 5.75 Å². The highest BCUT2D eigenvalue weighted by atomic mass is 35.5. The van der Waals surface area contributed by atoms with Gasteiger partial charge in [-0.1, -0.05) is 11.6 Å². The predicted molar refractivity (Wildman–Crippen MR) is 89.8 cm³/mol. The van der Waals surface area contributed by atoms with Crippen LogP contribution in [0.25, 0.3) is 0 Å². The number of ether oxygens (including phenoxy) is 1. The van der Waals surface area contributed by atoms with Crippen LogP contribution < -0.4 is 9.04 Å². The lowest BCUT2D eigenvalue weighted by Gasteiger charge is -2.30. The van der Waals surface area contributed by atoms with Crippen molar-refractivity contribution in [1.82, 2.24) is 0 Å². The molecule has 0 radical (unpaired) electrons. The number of alkyl halides is 3. The number of halogens is 4. The van der Waals surface area contributed by atoms with Gasteiger partial charge in [0.1, 0.15) is 5.75 Å². The van der Waals surface area contributed by atoms with E-state index in [0.29, 0.717) is 16.5 Å². The number of benzene rings is 2. The number of thioether (sulfide) groups is 1. The van der Waals surface area contributed by atoms with Crippen LogP contribution in [0, 0.1) is 0 Å². The number of anilines is 1. The topological polar surface area (TPSA) is 46.6 Å². The van der Waals surface area contributed by atoms with E-state index in [-0.39, 0.29) is 11.4 Å². The van der Waals surface area contributed by atoms with E-state index in [1.807, 2.05) is 0 Å². The van der Waals surface area contributed by atoms with Gasteiger partial charge >= 0.3 is 6.36 Å². The van der Waals surface area contributed by atoms with Crippen molar-refractivity contribution in [2.45, 2.75) is 16.2 Å². The quantitative estimate of drug-likeness (QED) is 0.746. The Hall–Kier alpha value is -1.58. The van der Waals surface area contributed by atoms with Crippen LogP contribution in [0.1, 0.15) is 0 Å². The summed E-state index contributed by atoms with van der Waals surface area (Å²) in [5.74, 6) is 0.0646. The second-order valence-corrected chi connectivity index (χ2v) is 8.49. The molecule has 0 saturated heterocycles. The smallest absolute Gasteiger partial charge is 0.406 e. The molecule has 4 nitrogen and oxygen atoms in total. The van der Waals surface area contributed by atoms with Gasteiger partial charge in [0.05, 0.1) is 10.6 Å². The molecule has 1 heterocycles. The normalized spacial score (nSPS) is 15.0. The molecule has 0 spiro atoms. The van der Waals surface area contributed by atoms with Crippen molar-refractivity contribution in [3.8, 4) is 5.75 Å². The minimum absolute atomic E-state index is 0.116. The van der Waals surface area contributed by atoms with Gasteiger partial charge in [-0.15, -0.1) is 24.9 Å². The highest BCUT2D eigenvalue weighted by molar-refractivity contribution is 8.00. The molecule has 0 atom stereocenters. The Bertz CT molecular complexity index is 886. The van der Waals surface area contributed by atoms with Crippen molar-refractivity contribution in [3.05, 3.63) is 47.5 Å². The molecule has 25 heavy (non-hydrogen) atoms. The van der Waals surface area contributed by atoms with Crippen LogP contribution in [-0.2, 0) is 10.0 Å². The van der Waals surface area contributed by atoms with Crippen LogP contribution >= 0.6 is 23.4 Å². The standard InChI is InChI=1S/C15H11ClF3NO3S2/c16-10-1-6-13-14(9-10)24-8-7-20(13)25(21,22)12-4-2-11(3-5-12)23-15(17,18)19/h1-6,9H,7-8H2. The summed E-state index contributed by atoms with van der Waals surface area (Å²) in [5.41, 5.74) is 0.497. The van der Waals surface area contributed by atoms with Crippen LogP contribution in [-0.4, -0.2) is 27.1 Å². The van der Waals surface area contributed by atoms with E-state index in [1.54, 1.807) is 18.2 Å². The van der Waals surface area contributed by atoms with Crippen molar-refractivity contribution in [2.24, 2.45) is 0 Å². The van der Waals surface area contributed by atoms with E-state index in [9.17, 15) is 21.6 Å². The molecule has 0 bridgehead atoms. The lowest BCUT2D eigenvalue weighted by Crippen LogP contribution is -2.35. The highest BCUT2D eigenvalue weighted by Gasteiger charge is 2.32. The third kappa shape index (κ3) is 3.99. The Morgan fingerprint density at radius 3 is 2.44 bits per heavy atom. The van der Waals surface area contributed by atoms with Gasteiger partial charge in [0.15, 0.2) is 0 Å². The third-order valence-corrected chi connectivity index (χ3v) is 6.48. The fourth-order valence-corrected chi connectivity index (χ4v) is 5.28. The van der Waals surface area contributed by atoms with Crippen molar-refractivity contribution >= 4 is 39.1 Å². The van der Waals surface area contributed by atoms with Crippen molar-refractivity contribution in [3.63, 3.8) is 0 Å². The maximum absolute atomic E-state index is 12.9. The molecule has 0 fully saturated rings. The zero-order valence-corrected chi connectivity index (χ0v) is 14.8. The van der Waals surface area contributed by atoms with E-state index in [0.717, 1.165) is 29.2 Å². The molecule has 134 valence electrons. The second kappa shape index (κ2) is 6.62. The molecule has 2 aromatic carbocycles. The number of nitrogens with zero attached hydrogens (tertiary/aromatic N) is 1. The number of hydrogen-bond acceptors (Lipinski definition) is 4. The fraction of sp³-hybridized carbons (Fsp3) is 0.200. The third-order valence-electron chi connectivity index (χ3n) is 3.39. The summed E-state index contributed by atoms with van der Waals surface area (Å²) in [6.45, 7) is 0.252. The molecule has 0 amide bonds. The Morgan fingerprint density at radius 2 is 1.80 bits per heavy atom. The van der Waals surface area contributed by atoms with Crippen LogP contribution in [0.2, 0.25) is 5.02 Å². The highest BCUT2D eigenvalue weighted by Crippen LogP contribution is 2.39. The van der Waals surface area contributed by atoms with Crippen molar-refractivity contribution in [1.29, 1.82) is 0 Å². The van der Waals surface area contributed by atoms with E-state index < -0.39 is 22.1 Å². The van der Waals surface area contributed by atoms with Crippen molar-refractivity contribution < 1.29 is 26.3 Å². The van der Waals surface area contributed by atoms with E-state index in [2.05, 4.69) is 4.74 Å². The summed E-state index contributed by atoms with van der Waals surface area (Å²) in [6.07, 6.45) is -4.83. The molecule has 10 heteroatoms. The minimum atomic E-state index is -4.83.